The van der Waals surface area contributed by atoms with Crippen molar-refractivity contribution in [2.24, 2.45) is 4.99 Å². The van der Waals surface area contributed by atoms with Gasteiger partial charge < -0.3 is 20.3 Å². The lowest BCUT2D eigenvalue weighted by Gasteiger charge is -2.26. The Bertz CT molecular complexity index is 1340. The van der Waals surface area contributed by atoms with Gasteiger partial charge in [-0.05, 0) is 69.9 Å². The first-order valence-corrected chi connectivity index (χ1v) is 13.3. The summed E-state index contributed by atoms with van der Waals surface area (Å²) in [6, 6.07) is 11.4. The number of pyridine rings is 2. The maximum absolute atomic E-state index is 13.5. The number of aromatic nitrogens is 3. The summed E-state index contributed by atoms with van der Waals surface area (Å²) in [5, 5.41) is 12.4. The molecule has 0 aliphatic carbocycles. The standard InChI is InChI=1S/C25H26FN5OS.C2H5N.CH4O/c26-33-31-20(17-32)13-19-6-5-18(14-25(19)31)23-15-24(21-16-27-9-7-22(21)29-23)28-8-4-12-30-10-2-1-3-11-30;1-3-2;1-2/h5-7,9,13-17H,1-4,8,10-12H2,(H,28,29);1H2,2H3;2H,1H3. The van der Waals surface area contributed by atoms with Gasteiger partial charge in [0.25, 0.3) is 0 Å². The number of anilines is 1. The summed E-state index contributed by atoms with van der Waals surface area (Å²) < 4.78 is 14.8. The number of rotatable bonds is 8. The van der Waals surface area contributed by atoms with Gasteiger partial charge in [0.2, 0.25) is 0 Å². The largest absolute Gasteiger partial charge is 0.400 e. The lowest BCUT2D eigenvalue weighted by molar-refractivity contribution is 0.111. The molecule has 1 aromatic carbocycles. The zero-order valence-corrected chi connectivity index (χ0v) is 22.8. The Labute approximate surface area is 227 Å². The van der Waals surface area contributed by atoms with Crippen molar-refractivity contribution >= 4 is 52.8 Å². The molecule has 202 valence electrons. The van der Waals surface area contributed by atoms with Crippen LogP contribution in [0.1, 0.15) is 36.2 Å². The first kappa shape index (κ1) is 29.2. The quantitative estimate of drug-likeness (QED) is 0.170. The second-order valence-corrected chi connectivity index (χ2v) is 9.27. The normalized spacial score (nSPS) is 13.3. The summed E-state index contributed by atoms with van der Waals surface area (Å²) in [4.78, 5) is 26.2. The van der Waals surface area contributed by atoms with Crippen LogP contribution in [-0.4, -0.2) is 77.3 Å². The highest BCUT2D eigenvalue weighted by Gasteiger charge is 2.13. The molecule has 0 saturated carbocycles. The SMILES string of the molecule is C=NC.CO.O=Cc1cc2ccc(-c3cc(NCCCN4CCCCC4)c4cnccc4n3)cc2n1SF. The van der Waals surface area contributed by atoms with E-state index in [0.717, 1.165) is 59.9 Å². The molecule has 0 amide bonds. The molecule has 0 radical (unpaired) electrons. The smallest absolute Gasteiger partial charge is 0.170 e. The Morgan fingerprint density at radius 3 is 2.66 bits per heavy atom. The van der Waals surface area contributed by atoms with Gasteiger partial charge in [-0.2, -0.15) is 0 Å². The number of halogens is 1. The Morgan fingerprint density at radius 2 is 1.95 bits per heavy atom. The fraction of sp³-hybridized carbons (Fsp3) is 0.357. The van der Waals surface area contributed by atoms with Crippen LogP contribution in [0.25, 0.3) is 33.1 Å². The molecule has 4 aromatic rings. The van der Waals surface area contributed by atoms with Crippen LogP contribution in [0.4, 0.5) is 9.57 Å². The molecule has 1 saturated heterocycles. The van der Waals surface area contributed by atoms with Crippen LogP contribution in [0.5, 0.6) is 0 Å². The lowest BCUT2D eigenvalue weighted by atomic mass is 10.1. The number of piperidine rings is 1. The number of aliphatic hydroxyl groups is 1. The second kappa shape index (κ2) is 15.2. The number of fused-ring (bicyclic) bond motifs is 2. The van der Waals surface area contributed by atoms with Crippen molar-refractivity contribution in [2.75, 3.05) is 45.7 Å². The number of hydrogen-bond acceptors (Lipinski definition) is 8. The van der Waals surface area contributed by atoms with Crippen molar-refractivity contribution in [2.45, 2.75) is 25.7 Å². The van der Waals surface area contributed by atoms with E-state index in [1.165, 1.54) is 36.3 Å². The summed E-state index contributed by atoms with van der Waals surface area (Å²) in [6.45, 7) is 7.50. The summed E-state index contributed by atoms with van der Waals surface area (Å²) in [6.07, 6.45) is 9.28. The van der Waals surface area contributed by atoms with E-state index in [1.807, 2.05) is 36.5 Å². The predicted molar refractivity (Wildman–Crippen MR) is 157 cm³/mol. The van der Waals surface area contributed by atoms with E-state index in [0.29, 0.717) is 17.5 Å². The minimum Gasteiger partial charge on any atom is -0.400 e. The number of benzene rings is 1. The number of likely N-dealkylation sites (tertiary alicyclic amines) is 1. The van der Waals surface area contributed by atoms with E-state index in [2.05, 4.69) is 26.9 Å². The molecule has 0 bridgehead atoms. The highest BCUT2D eigenvalue weighted by atomic mass is 32.2. The molecule has 0 spiro atoms. The Balaban J connectivity index is 0.000000748. The van der Waals surface area contributed by atoms with Crippen molar-refractivity contribution in [3.8, 4) is 11.3 Å². The van der Waals surface area contributed by atoms with E-state index in [9.17, 15) is 8.68 Å². The number of aliphatic imine (C=N–C) groups is 1. The predicted octanol–water partition coefficient (Wildman–Crippen LogP) is 5.66. The van der Waals surface area contributed by atoms with Crippen LogP contribution in [0.3, 0.4) is 0 Å². The summed E-state index contributed by atoms with van der Waals surface area (Å²) in [5.41, 5.74) is 4.44. The van der Waals surface area contributed by atoms with Gasteiger partial charge in [-0.1, -0.05) is 18.6 Å². The highest BCUT2D eigenvalue weighted by molar-refractivity contribution is 7.93. The number of nitrogens with zero attached hydrogens (tertiary/aromatic N) is 5. The molecule has 0 atom stereocenters. The van der Waals surface area contributed by atoms with Crippen molar-refractivity contribution in [3.05, 3.63) is 54.5 Å². The van der Waals surface area contributed by atoms with E-state index in [4.69, 9.17) is 10.1 Å². The Kier molecular flexibility index (Phi) is 11.7. The number of carbonyl (C=O) groups is 1. The molecule has 5 rings (SSSR count). The molecule has 2 N–H and O–H groups in total. The molecule has 8 nitrogen and oxygen atoms in total. The van der Waals surface area contributed by atoms with E-state index in [1.54, 1.807) is 19.3 Å². The number of aliphatic hydroxyl groups excluding tert-OH is 1. The fourth-order valence-corrected chi connectivity index (χ4v) is 5.00. The summed E-state index contributed by atoms with van der Waals surface area (Å²) in [7, 11) is 2.64. The lowest BCUT2D eigenvalue weighted by Crippen LogP contribution is -2.31. The topological polar surface area (TPSA) is 95.6 Å². The van der Waals surface area contributed by atoms with Crippen LogP contribution in [0.15, 0.2) is 53.8 Å². The summed E-state index contributed by atoms with van der Waals surface area (Å²) >= 11 is 0.0314. The monoisotopic (exact) mass is 538 g/mol. The zero-order chi connectivity index (χ0) is 27.3. The highest BCUT2D eigenvalue weighted by Crippen LogP contribution is 2.32. The molecule has 1 aliphatic rings. The zero-order valence-electron chi connectivity index (χ0n) is 21.9. The van der Waals surface area contributed by atoms with Gasteiger partial charge in [-0.25, -0.2) is 4.98 Å². The number of hydrogen-bond donors (Lipinski definition) is 2. The first-order valence-electron chi connectivity index (χ1n) is 12.6. The van der Waals surface area contributed by atoms with Gasteiger partial charge in [0.15, 0.2) is 18.6 Å². The molecule has 1 aliphatic heterocycles. The minimum atomic E-state index is 0.0314. The number of aldehydes is 1. The average Bonchev–Trinajstić information content (AvgIpc) is 3.34. The first-order chi connectivity index (χ1) is 18.7. The molecule has 10 heteroatoms. The Morgan fingerprint density at radius 1 is 1.18 bits per heavy atom. The van der Waals surface area contributed by atoms with Crippen molar-refractivity contribution < 1.29 is 13.8 Å². The van der Waals surface area contributed by atoms with E-state index < -0.39 is 0 Å². The third-order valence-corrected chi connectivity index (χ3v) is 6.84. The second-order valence-electron chi connectivity index (χ2n) is 8.77. The van der Waals surface area contributed by atoms with Crippen LogP contribution >= 0.6 is 12.3 Å². The van der Waals surface area contributed by atoms with Gasteiger partial charge in [0, 0.05) is 55.1 Å². The molecule has 1 fully saturated rings. The van der Waals surface area contributed by atoms with Crippen molar-refractivity contribution in [1.82, 2.24) is 18.8 Å². The Hall–Kier alpha value is -3.34. The third kappa shape index (κ3) is 7.15. The maximum Gasteiger partial charge on any atom is 0.170 e. The fourth-order valence-electron chi connectivity index (χ4n) is 4.59. The maximum atomic E-state index is 13.5. The third-order valence-electron chi connectivity index (χ3n) is 6.30. The van der Waals surface area contributed by atoms with Gasteiger partial charge in [0.05, 0.1) is 22.4 Å². The van der Waals surface area contributed by atoms with Gasteiger partial charge in [-0.15, -0.1) is 3.89 Å². The van der Waals surface area contributed by atoms with E-state index >= 15 is 0 Å². The average molecular weight is 539 g/mol. The molecule has 0 unspecified atom stereocenters. The van der Waals surface area contributed by atoms with Crippen molar-refractivity contribution in [1.29, 1.82) is 0 Å². The van der Waals surface area contributed by atoms with Crippen LogP contribution < -0.4 is 5.32 Å². The molecule has 38 heavy (non-hydrogen) atoms. The number of nitrogens with one attached hydrogen (secondary N) is 1. The van der Waals surface area contributed by atoms with Crippen LogP contribution in [-0.2, 0) is 0 Å². The van der Waals surface area contributed by atoms with Crippen LogP contribution in [0, 0.1) is 0 Å². The van der Waals surface area contributed by atoms with Gasteiger partial charge in [0.1, 0.15) is 0 Å². The van der Waals surface area contributed by atoms with Crippen LogP contribution in [0.2, 0.25) is 0 Å². The molecule has 3 aromatic heterocycles. The van der Waals surface area contributed by atoms with Gasteiger partial charge >= 0.3 is 0 Å². The van der Waals surface area contributed by atoms with E-state index in [-0.39, 0.29) is 12.3 Å². The van der Waals surface area contributed by atoms with Crippen molar-refractivity contribution in [3.63, 3.8) is 0 Å². The molecular formula is C28H35FN6O2S. The van der Waals surface area contributed by atoms with Gasteiger partial charge in [-0.3, -0.25) is 13.8 Å². The molecule has 4 heterocycles. The number of carbonyl (C=O) groups excluding carboxylic acids is 1. The minimum absolute atomic E-state index is 0.0314. The molecular weight excluding hydrogens is 503 g/mol. The summed E-state index contributed by atoms with van der Waals surface area (Å²) in [5.74, 6) is 0.